The molecule has 4 aromatic rings. The van der Waals surface area contributed by atoms with Gasteiger partial charge in [0.25, 0.3) is 0 Å². The maximum atomic E-state index is 11.7. The fourth-order valence-corrected chi connectivity index (χ4v) is 7.34. The molecular weight excluding hydrogens is 480 g/mol. The normalized spacial score (nSPS) is 31.9. The summed E-state index contributed by atoms with van der Waals surface area (Å²) in [6.45, 7) is 0. The molecule has 3 fully saturated rings. The Morgan fingerprint density at radius 3 is 0.895 bits per heavy atom. The van der Waals surface area contributed by atoms with Gasteiger partial charge in [-0.1, -0.05) is 97.1 Å². The molecule has 3 aliphatic carbocycles. The minimum absolute atomic E-state index is 0.809. The van der Waals surface area contributed by atoms with Crippen LogP contribution in [0, 0.1) is 0 Å². The summed E-state index contributed by atoms with van der Waals surface area (Å²) in [4.78, 5) is 0. The van der Waals surface area contributed by atoms with E-state index in [9.17, 15) is 10.2 Å². The molecule has 2 heterocycles. The summed E-state index contributed by atoms with van der Waals surface area (Å²) in [6.07, 6.45) is -5.39. The molecule has 188 valence electrons. The molecule has 38 heavy (non-hydrogen) atoms. The van der Waals surface area contributed by atoms with Crippen LogP contribution in [0.1, 0.15) is 22.3 Å². The summed E-state index contributed by atoms with van der Waals surface area (Å²) >= 11 is 0. The largest absolute Gasteiger partial charge is 0.387 e. The average molecular weight is 505 g/mol. The van der Waals surface area contributed by atoms with Crippen molar-refractivity contribution in [1.29, 1.82) is 0 Å². The highest BCUT2D eigenvalue weighted by Crippen LogP contribution is 2.60. The number of aliphatic hydroxyl groups is 2. The van der Waals surface area contributed by atoms with Crippen molar-refractivity contribution < 1.29 is 29.2 Å². The molecular formula is C32H24O6. The Labute approximate surface area is 219 Å². The SMILES string of the molecule is O[C@@H]1[C@H]2OC3(O[C@H]2[C@@H](O)[C@@H]2OC4(O[C@@H]12)c1ccccc1-c1ccccc14)c1ccccc1-c1ccccc13. The lowest BCUT2D eigenvalue weighted by Gasteiger charge is -2.38. The number of benzene rings is 4. The van der Waals surface area contributed by atoms with E-state index in [4.69, 9.17) is 18.9 Å². The molecule has 6 heteroatoms. The predicted molar refractivity (Wildman–Crippen MR) is 137 cm³/mol. The van der Waals surface area contributed by atoms with Gasteiger partial charge in [-0.2, -0.15) is 0 Å². The number of aliphatic hydroxyl groups excluding tert-OH is 2. The highest BCUT2D eigenvalue weighted by molar-refractivity contribution is 5.80. The first kappa shape index (κ1) is 21.6. The first-order chi connectivity index (χ1) is 18.6. The van der Waals surface area contributed by atoms with Crippen molar-refractivity contribution >= 4 is 0 Å². The van der Waals surface area contributed by atoms with E-state index < -0.39 is 48.2 Å². The second kappa shape index (κ2) is 7.18. The summed E-state index contributed by atoms with van der Waals surface area (Å²) in [5.74, 6) is -2.43. The van der Waals surface area contributed by atoms with E-state index >= 15 is 0 Å². The van der Waals surface area contributed by atoms with Gasteiger partial charge in [-0.05, 0) is 22.3 Å². The van der Waals surface area contributed by atoms with Crippen LogP contribution in [-0.4, -0.2) is 46.8 Å². The number of rotatable bonds is 0. The quantitative estimate of drug-likeness (QED) is 0.376. The van der Waals surface area contributed by atoms with E-state index in [1.807, 2.05) is 97.1 Å². The van der Waals surface area contributed by atoms with Crippen molar-refractivity contribution in [2.24, 2.45) is 0 Å². The summed E-state index contributed by atoms with van der Waals surface area (Å²) < 4.78 is 26.7. The molecule has 2 aliphatic heterocycles. The third-order valence-electron chi connectivity index (χ3n) is 8.91. The fraction of sp³-hybridized carbons (Fsp3) is 0.250. The van der Waals surface area contributed by atoms with Gasteiger partial charge in [0.1, 0.15) is 36.6 Å². The maximum Gasteiger partial charge on any atom is 0.224 e. The van der Waals surface area contributed by atoms with Crippen molar-refractivity contribution in [3.05, 3.63) is 119 Å². The van der Waals surface area contributed by atoms with Gasteiger partial charge in [0.05, 0.1) is 0 Å². The molecule has 0 radical (unpaired) electrons. The number of hydrogen-bond donors (Lipinski definition) is 2. The topological polar surface area (TPSA) is 77.4 Å². The first-order valence-corrected chi connectivity index (χ1v) is 13.1. The number of hydrogen-bond acceptors (Lipinski definition) is 6. The molecule has 0 aromatic heterocycles. The van der Waals surface area contributed by atoms with Gasteiger partial charge in [-0.25, -0.2) is 0 Å². The van der Waals surface area contributed by atoms with Crippen LogP contribution >= 0.6 is 0 Å². The molecule has 0 unspecified atom stereocenters. The molecule has 9 rings (SSSR count). The Morgan fingerprint density at radius 1 is 0.395 bits per heavy atom. The van der Waals surface area contributed by atoms with Gasteiger partial charge < -0.3 is 29.2 Å². The molecule has 0 amide bonds. The molecule has 4 aromatic carbocycles. The van der Waals surface area contributed by atoms with Crippen molar-refractivity contribution in [3.63, 3.8) is 0 Å². The second-order valence-corrected chi connectivity index (χ2v) is 10.7. The lowest BCUT2D eigenvalue weighted by molar-refractivity contribution is -0.185. The second-order valence-electron chi connectivity index (χ2n) is 10.7. The third kappa shape index (κ3) is 2.40. The molecule has 2 saturated heterocycles. The van der Waals surface area contributed by atoms with Crippen LogP contribution in [0.15, 0.2) is 97.1 Å². The number of ether oxygens (including phenoxy) is 4. The van der Waals surface area contributed by atoms with Gasteiger partial charge in [-0.15, -0.1) is 0 Å². The van der Waals surface area contributed by atoms with E-state index in [0.29, 0.717) is 0 Å². The van der Waals surface area contributed by atoms with Crippen molar-refractivity contribution in [2.75, 3.05) is 0 Å². The lowest BCUT2D eigenvalue weighted by atomic mass is 9.85. The van der Waals surface area contributed by atoms with Crippen LogP contribution in [0.5, 0.6) is 0 Å². The van der Waals surface area contributed by atoms with Crippen molar-refractivity contribution in [1.82, 2.24) is 0 Å². The van der Waals surface area contributed by atoms with Crippen molar-refractivity contribution in [2.45, 2.75) is 48.2 Å². The monoisotopic (exact) mass is 504 g/mol. The van der Waals surface area contributed by atoms with Crippen LogP contribution in [-0.2, 0) is 30.5 Å². The Hall–Kier alpha value is -3.36. The van der Waals surface area contributed by atoms with Gasteiger partial charge in [0.15, 0.2) is 0 Å². The number of fused-ring (bicyclic) bond motifs is 12. The summed E-state index contributed by atoms with van der Waals surface area (Å²) in [5.41, 5.74) is 7.59. The Kier molecular flexibility index (Phi) is 4.07. The summed E-state index contributed by atoms with van der Waals surface area (Å²) in [5, 5.41) is 23.5. The molecule has 1 saturated carbocycles. The predicted octanol–water partition coefficient (Wildman–Crippen LogP) is 4.05. The van der Waals surface area contributed by atoms with E-state index in [-0.39, 0.29) is 0 Å². The zero-order valence-electron chi connectivity index (χ0n) is 20.2. The van der Waals surface area contributed by atoms with Gasteiger partial charge >= 0.3 is 0 Å². The Morgan fingerprint density at radius 2 is 0.632 bits per heavy atom. The standard InChI is InChI=1S/C32H24O6/c33-25-27-28(36-31(35-27)21-13-5-1-9-17(21)18-10-2-6-14-22(18)31)26(34)30-29(25)37-32(38-30)23-15-7-3-11-19(23)20-12-4-8-16-24(20)32/h1-16,25-30,33-34H/t25-,26-,27-,28-,29-,30+/m0/s1. The van der Waals surface area contributed by atoms with Gasteiger partial charge in [0.2, 0.25) is 11.6 Å². The highest BCUT2D eigenvalue weighted by Gasteiger charge is 2.68. The zero-order chi connectivity index (χ0) is 25.2. The van der Waals surface area contributed by atoms with E-state index in [1.54, 1.807) is 0 Å². The zero-order valence-corrected chi connectivity index (χ0v) is 20.2. The van der Waals surface area contributed by atoms with Gasteiger partial charge in [-0.3, -0.25) is 0 Å². The van der Waals surface area contributed by atoms with Gasteiger partial charge in [0, 0.05) is 22.3 Å². The average Bonchev–Trinajstić information content (AvgIpc) is 3.71. The summed E-state index contributed by atoms with van der Waals surface area (Å²) in [7, 11) is 0. The minimum Gasteiger partial charge on any atom is -0.387 e. The van der Waals surface area contributed by atoms with Crippen LogP contribution in [0.3, 0.4) is 0 Å². The molecule has 6 nitrogen and oxygen atoms in total. The minimum atomic E-state index is -1.21. The third-order valence-corrected chi connectivity index (χ3v) is 8.91. The van der Waals surface area contributed by atoms with Crippen molar-refractivity contribution in [3.8, 4) is 22.3 Å². The molecule has 0 bridgehead atoms. The highest BCUT2D eigenvalue weighted by atomic mass is 16.8. The Balaban J connectivity index is 1.14. The first-order valence-electron chi connectivity index (χ1n) is 13.1. The van der Waals surface area contributed by atoms with E-state index in [0.717, 1.165) is 44.5 Å². The fourth-order valence-electron chi connectivity index (χ4n) is 7.34. The van der Waals surface area contributed by atoms with E-state index in [1.165, 1.54) is 0 Å². The van der Waals surface area contributed by atoms with E-state index in [2.05, 4.69) is 0 Å². The maximum absolute atomic E-state index is 11.7. The van der Waals surface area contributed by atoms with Crippen LogP contribution in [0.2, 0.25) is 0 Å². The molecule has 5 aliphatic rings. The molecule has 2 spiro atoms. The molecule has 2 N–H and O–H groups in total. The van der Waals surface area contributed by atoms with Crippen LogP contribution < -0.4 is 0 Å². The van der Waals surface area contributed by atoms with Crippen LogP contribution in [0.25, 0.3) is 22.3 Å². The summed E-state index contributed by atoms with van der Waals surface area (Å²) in [6, 6.07) is 31.9. The lowest BCUT2D eigenvalue weighted by Crippen LogP contribution is -2.61. The van der Waals surface area contributed by atoms with Crippen LogP contribution in [0.4, 0.5) is 0 Å². The molecule has 6 atom stereocenters. The smallest absolute Gasteiger partial charge is 0.224 e. The Bertz CT molecular complexity index is 1390.